The molecule has 0 saturated carbocycles. The topological polar surface area (TPSA) is 70.2 Å². The molecular formula is C19H14ClFN4OS. The van der Waals surface area contributed by atoms with Crippen LogP contribution < -0.4 is 10.1 Å². The Hall–Kier alpha value is -2.95. The summed E-state index contributed by atoms with van der Waals surface area (Å²) >= 11 is 7.07. The maximum atomic E-state index is 13.9. The van der Waals surface area contributed by atoms with Crippen molar-refractivity contribution in [1.29, 1.82) is 5.26 Å². The van der Waals surface area contributed by atoms with Crippen LogP contribution in [-0.2, 0) is 18.3 Å². The monoisotopic (exact) mass is 400 g/mol. The van der Waals surface area contributed by atoms with E-state index < -0.39 is 5.82 Å². The van der Waals surface area contributed by atoms with Crippen LogP contribution in [0, 0.1) is 17.1 Å². The van der Waals surface area contributed by atoms with E-state index >= 15 is 0 Å². The highest BCUT2D eigenvalue weighted by atomic mass is 35.5. The first-order valence-electron chi connectivity index (χ1n) is 7.89. The van der Waals surface area contributed by atoms with Gasteiger partial charge in [-0.25, -0.2) is 9.38 Å². The second-order valence-corrected chi connectivity index (χ2v) is 6.96. The summed E-state index contributed by atoms with van der Waals surface area (Å²) in [6.45, 7) is 0. The fourth-order valence-corrected chi connectivity index (χ4v) is 3.40. The van der Waals surface area contributed by atoms with Gasteiger partial charge in [0.1, 0.15) is 11.5 Å². The van der Waals surface area contributed by atoms with Crippen LogP contribution in [0.1, 0.15) is 11.3 Å². The van der Waals surface area contributed by atoms with Crippen LogP contribution in [0.3, 0.4) is 0 Å². The fraction of sp³-hybridized carbons (Fsp3) is 0.105. The molecule has 0 aliphatic rings. The number of carbonyl (C=O) groups is 1. The van der Waals surface area contributed by atoms with Crippen molar-refractivity contribution in [3.05, 3.63) is 74.7 Å². The zero-order valence-corrected chi connectivity index (χ0v) is 15.8. The summed E-state index contributed by atoms with van der Waals surface area (Å²) in [4.78, 5) is 17.1. The van der Waals surface area contributed by atoms with Crippen molar-refractivity contribution >= 4 is 40.2 Å². The van der Waals surface area contributed by atoms with Crippen molar-refractivity contribution in [2.45, 2.75) is 6.42 Å². The van der Waals surface area contributed by atoms with Crippen molar-refractivity contribution in [3.8, 4) is 6.07 Å². The molecule has 3 rings (SSSR count). The smallest absolute Gasteiger partial charge is 0.230 e. The van der Waals surface area contributed by atoms with Crippen molar-refractivity contribution in [3.63, 3.8) is 0 Å². The van der Waals surface area contributed by atoms with Gasteiger partial charge in [-0.2, -0.15) is 5.26 Å². The minimum atomic E-state index is -0.504. The maximum absolute atomic E-state index is 13.9. The first kappa shape index (κ1) is 18.8. The molecule has 0 saturated heterocycles. The second-order valence-electron chi connectivity index (χ2n) is 5.69. The predicted molar refractivity (Wildman–Crippen MR) is 103 cm³/mol. The van der Waals surface area contributed by atoms with Gasteiger partial charge in [0, 0.05) is 28.8 Å². The van der Waals surface area contributed by atoms with Crippen LogP contribution in [0.5, 0.6) is 0 Å². The lowest BCUT2D eigenvalue weighted by atomic mass is 10.2. The largest absolute Gasteiger partial charge is 0.326 e. The number of aromatic nitrogens is 1. The summed E-state index contributed by atoms with van der Waals surface area (Å²) in [5.74, 6) is -0.701. The maximum Gasteiger partial charge on any atom is 0.230 e. The summed E-state index contributed by atoms with van der Waals surface area (Å²) < 4.78 is 15.7. The van der Waals surface area contributed by atoms with Gasteiger partial charge >= 0.3 is 0 Å². The van der Waals surface area contributed by atoms with Crippen LogP contribution in [-0.4, -0.2) is 10.5 Å². The van der Waals surface area contributed by atoms with E-state index in [0.29, 0.717) is 21.1 Å². The van der Waals surface area contributed by atoms with Crippen molar-refractivity contribution < 1.29 is 9.18 Å². The molecule has 0 fully saturated rings. The number of thiazole rings is 1. The lowest BCUT2D eigenvalue weighted by Gasteiger charge is -2.06. The van der Waals surface area contributed by atoms with E-state index in [9.17, 15) is 9.18 Å². The zero-order valence-electron chi connectivity index (χ0n) is 14.2. The Morgan fingerprint density at radius 3 is 2.74 bits per heavy atom. The highest BCUT2D eigenvalue weighted by Gasteiger charge is 2.09. The summed E-state index contributed by atoms with van der Waals surface area (Å²) in [7, 11) is 1.77. The van der Waals surface area contributed by atoms with E-state index in [2.05, 4.69) is 10.3 Å². The molecule has 0 bridgehead atoms. The Kier molecular flexibility index (Phi) is 5.69. The number of carbonyl (C=O) groups excluding carboxylic acids is 1. The lowest BCUT2D eigenvalue weighted by molar-refractivity contribution is -0.115. The number of hydrogen-bond donors (Lipinski definition) is 1. The van der Waals surface area contributed by atoms with E-state index in [0.717, 1.165) is 5.69 Å². The first-order chi connectivity index (χ1) is 13.0. The van der Waals surface area contributed by atoms with E-state index in [1.807, 2.05) is 11.4 Å². The van der Waals surface area contributed by atoms with Gasteiger partial charge in [-0.3, -0.25) is 4.79 Å². The summed E-state index contributed by atoms with van der Waals surface area (Å²) in [5.41, 5.74) is 2.08. The molecule has 5 nitrogen and oxygen atoms in total. The molecule has 2 aromatic carbocycles. The van der Waals surface area contributed by atoms with Crippen LogP contribution in [0.25, 0.3) is 0 Å². The molecule has 1 aromatic heterocycles. The van der Waals surface area contributed by atoms with E-state index in [-0.39, 0.29) is 18.0 Å². The number of hydrogen-bond acceptors (Lipinski definition) is 4. The van der Waals surface area contributed by atoms with Crippen LogP contribution >= 0.6 is 22.9 Å². The van der Waals surface area contributed by atoms with Crippen LogP contribution in [0.15, 0.2) is 52.8 Å². The van der Waals surface area contributed by atoms with E-state index in [1.165, 1.54) is 23.5 Å². The third-order valence-electron chi connectivity index (χ3n) is 3.78. The molecule has 0 unspecified atom stereocenters. The number of nitrogens with one attached hydrogen (secondary N) is 1. The average Bonchev–Trinajstić information content (AvgIpc) is 2.98. The number of nitriles is 1. The normalized spacial score (nSPS) is 11.3. The van der Waals surface area contributed by atoms with Gasteiger partial charge in [0.25, 0.3) is 0 Å². The van der Waals surface area contributed by atoms with Crippen molar-refractivity contribution in [2.24, 2.45) is 12.0 Å². The minimum Gasteiger partial charge on any atom is -0.326 e. The molecule has 136 valence electrons. The highest BCUT2D eigenvalue weighted by Crippen LogP contribution is 2.21. The van der Waals surface area contributed by atoms with Gasteiger partial charge < -0.3 is 9.88 Å². The van der Waals surface area contributed by atoms with Gasteiger partial charge in [0.05, 0.1) is 18.1 Å². The number of benzene rings is 2. The zero-order chi connectivity index (χ0) is 19.4. The number of halogens is 2. The Morgan fingerprint density at radius 1 is 1.33 bits per heavy atom. The van der Waals surface area contributed by atoms with E-state index in [4.69, 9.17) is 16.9 Å². The summed E-state index contributed by atoms with van der Waals surface area (Å²) in [6, 6.07) is 12.9. The van der Waals surface area contributed by atoms with Crippen LogP contribution in [0.2, 0.25) is 5.02 Å². The van der Waals surface area contributed by atoms with Gasteiger partial charge in [-0.05, 0) is 42.5 Å². The minimum absolute atomic E-state index is 0.144. The third kappa shape index (κ3) is 4.61. The molecule has 1 amide bonds. The summed E-state index contributed by atoms with van der Waals surface area (Å²) in [5, 5.41) is 13.7. The summed E-state index contributed by atoms with van der Waals surface area (Å²) in [6.07, 6.45) is 0.144. The highest BCUT2D eigenvalue weighted by molar-refractivity contribution is 7.07. The molecule has 0 atom stereocenters. The Morgan fingerprint density at radius 2 is 2.07 bits per heavy atom. The first-order valence-corrected chi connectivity index (χ1v) is 9.15. The Balaban J connectivity index is 1.75. The third-order valence-corrected chi connectivity index (χ3v) is 4.98. The Labute approximate surface area is 164 Å². The lowest BCUT2D eigenvalue weighted by Crippen LogP contribution is -2.19. The SMILES string of the molecule is Cn1c(CC(=O)Nc2ccc(C#N)cc2)csc1=Nc1ccc(Cl)cc1F. The molecule has 27 heavy (non-hydrogen) atoms. The predicted octanol–water partition coefficient (Wildman–Crippen LogP) is 4.16. The average molecular weight is 401 g/mol. The second kappa shape index (κ2) is 8.16. The molecule has 8 heteroatoms. The number of nitrogens with zero attached hydrogens (tertiary/aromatic N) is 3. The molecule has 0 aliphatic carbocycles. The fourth-order valence-electron chi connectivity index (χ4n) is 2.34. The molecule has 3 aromatic rings. The number of rotatable bonds is 4. The van der Waals surface area contributed by atoms with Gasteiger partial charge in [0.15, 0.2) is 4.80 Å². The molecule has 0 aliphatic heterocycles. The molecule has 0 radical (unpaired) electrons. The molecule has 1 N–H and O–H groups in total. The van der Waals surface area contributed by atoms with Crippen molar-refractivity contribution in [1.82, 2.24) is 4.57 Å². The van der Waals surface area contributed by atoms with Gasteiger partial charge in [-0.1, -0.05) is 11.6 Å². The van der Waals surface area contributed by atoms with Gasteiger partial charge in [0.2, 0.25) is 5.91 Å². The molecule has 1 heterocycles. The Bertz CT molecular complexity index is 1100. The standard InChI is InChI=1S/C19H14ClFN4OS/c1-25-15(9-18(26)23-14-5-2-12(10-22)3-6-14)11-27-19(25)24-17-7-4-13(20)8-16(17)21/h2-8,11H,9H2,1H3,(H,23,26). The van der Waals surface area contributed by atoms with Gasteiger partial charge in [-0.15, -0.1) is 11.3 Å². The quantitative estimate of drug-likeness (QED) is 0.714. The number of amides is 1. The van der Waals surface area contributed by atoms with Crippen LogP contribution in [0.4, 0.5) is 15.8 Å². The van der Waals surface area contributed by atoms with Crippen molar-refractivity contribution in [2.75, 3.05) is 5.32 Å². The molecule has 0 spiro atoms. The van der Waals surface area contributed by atoms with E-state index in [1.54, 1.807) is 41.9 Å². The number of anilines is 1. The molecular weight excluding hydrogens is 387 g/mol.